The Labute approximate surface area is 126 Å². The van der Waals surface area contributed by atoms with Gasteiger partial charge in [0.1, 0.15) is 0 Å². The van der Waals surface area contributed by atoms with Gasteiger partial charge in [-0.1, -0.05) is 11.8 Å². The van der Waals surface area contributed by atoms with Crippen molar-refractivity contribution in [2.75, 3.05) is 26.7 Å². The highest BCUT2D eigenvalue weighted by Gasteiger charge is 2.18. The van der Waals surface area contributed by atoms with Crippen molar-refractivity contribution < 1.29 is 9.90 Å². The molecule has 1 heterocycles. The largest absolute Gasteiger partial charge is 0.395 e. The highest BCUT2D eigenvalue weighted by Crippen LogP contribution is 2.10. The Morgan fingerprint density at radius 3 is 2.62 bits per heavy atom. The van der Waals surface area contributed by atoms with E-state index in [4.69, 9.17) is 5.11 Å². The van der Waals surface area contributed by atoms with E-state index in [0.29, 0.717) is 12.0 Å². The van der Waals surface area contributed by atoms with Crippen molar-refractivity contribution in [2.45, 2.75) is 25.3 Å². The summed E-state index contributed by atoms with van der Waals surface area (Å²) in [7, 11) is 2.11. The van der Waals surface area contributed by atoms with Gasteiger partial charge in [-0.25, -0.2) is 0 Å². The number of hydrogen-bond donors (Lipinski definition) is 2. The first-order valence-electron chi connectivity index (χ1n) is 7.38. The van der Waals surface area contributed by atoms with Crippen molar-refractivity contribution >= 4 is 5.91 Å². The minimum atomic E-state index is -0.0144. The molecule has 0 atom stereocenters. The third-order valence-corrected chi connectivity index (χ3v) is 3.67. The molecule has 0 spiro atoms. The summed E-state index contributed by atoms with van der Waals surface area (Å²) in [6, 6.07) is 7.56. The van der Waals surface area contributed by atoms with Gasteiger partial charge in [0.25, 0.3) is 5.91 Å². The van der Waals surface area contributed by atoms with E-state index < -0.39 is 0 Å². The molecule has 4 nitrogen and oxygen atoms in total. The second kappa shape index (κ2) is 7.82. The van der Waals surface area contributed by atoms with Gasteiger partial charge >= 0.3 is 0 Å². The zero-order valence-electron chi connectivity index (χ0n) is 12.4. The van der Waals surface area contributed by atoms with E-state index in [2.05, 4.69) is 29.1 Å². The molecule has 0 saturated carbocycles. The monoisotopic (exact) mass is 286 g/mol. The first-order chi connectivity index (χ1) is 10.2. The molecule has 0 aliphatic carbocycles. The van der Waals surface area contributed by atoms with Crippen LogP contribution in [0.1, 0.15) is 35.2 Å². The predicted octanol–water partition coefficient (Wildman–Crippen LogP) is 1.24. The maximum atomic E-state index is 12.2. The first-order valence-corrected chi connectivity index (χ1v) is 7.38. The maximum absolute atomic E-state index is 12.2. The highest BCUT2D eigenvalue weighted by atomic mass is 16.2. The number of carbonyl (C=O) groups excluding carboxylic acids is 1. The number of carbonyl (C=O) groups is 1. The molecule has 1 saturated heterocycles. The molecule has 1 aliphatic rings. The Hall–Kier alpha value is -1.83. The third kappa shape index (κ3) is 4.89. The molecule has 112 valence electrons. The number of aliphatic hydroxyl groups is 1. The standard InChI is InChI=1S/C17H22N2O2/c1-19-11-9-16(10-12-19)18-17(21)15-7-5-14(6-8-15)4-2-3-13-20/h5-8,16,20H,3,9-13H2,1H3,(H,18,21). The first kappa shape index (κ1) is 15.6. The Bertz CT molecular complexity index is 520. The second-order valence-corrected chi connectivity index (χ2v) is 5.40. The lowest BCUT2D eigenvalue weighted by atomic mass is 10.0. The summed E-state index contributed by atoms with van der Waals surface area (Å²) in [5, 5.41) is 11.8. The number of likely N-dealkylation sites (tertiary alicyclic amines) is 1. The van der Waals surface area contributed by atoms with Crippen LogP contribution in [0.4, 0.5) is 0 Å². The fourth-order valence-corrected chi connectivity index (χ4v) is 2.35. The van der Waals surface area contributed by atoms with Gasteiger partial charge in [0.2, 0.25) is 0 Å². The van der Waals surface area contributed by atoms with Crippen LogP contribution in [0, 0.1) is 11.8 Å². The van der Waals surface area contributed by atoms with Crippen LogP contribution < -0.4 is 5.32 Å². The molecule has 2 rings (SSSR count). The van der Waals surface area contributed by atoms with Gasteiger partial charge in [0.15, 0.2) is 0 Å². The molecule has 0 aromatic heterocycles. The van der Waals surface area contributed by atoms with Crippen LogP contribution >= 0.6 is 0 Å². The minimum absolute atomic E-state index is 0.0144. The smallest absolute Gasteiger partial charge is 0.251 e. The summed E-state index contributed by atoms with van der Waals surface area (Å²) in [5.74, 6) is 5.80. The Morgan fingerprint density at radius 2 is 2.00 bits per heavy atom. The molecule has 0 unspecified atom stereocenters. The fraction of sp³-hybridized carbons (Fsp3) is 0.471. The predicted molar refractivity (Wildman–Crippen MR) is 83.0 cm³/mol. The third-order valence-electron chi connectivity index (χ3n) is 3.67. The van der Waals surface area contributed by atoms with Crippen molar-refractivity contribution in [1.82, 2.24) is 10.2 Å². The van der Waals surface area contributed by atoms with Gasteiger partial charge in [-0.2, -0.15) is 0 Å². The molecule has 2 N–H and O–H groups in total. The zero-order valence-corrected chi connectivity index (χ0v) is 12.4. The van der Waals surface area contributed by atoms with E-state index in [-0.39, 0.29) is 18.6 Å². The molecule has 4 heteroatoms. The Morgan fingerprint density at radius 1 is 1.33 bits per heavy atom. The van der Waals surface area contributed by atoms with Gasteiger partial charge in [-0.05, 0) is 57.2 Å². The van der Waals surface area contributed by atoms with E-state index >= 15 is 0 Å². The van der Waals surface area contributed by atoms with E-state index in [1.807, 2.05) is 12.1 Å². The number of aliphatic hydroxyl groups excluding tert-OH is 1. The van der Waals surface area contributed by atoms with Crippen LogP contribution in [0.3, 0.4) is 0 Å². The summed E-state index contributed by atoms with van der Waals surface area (Å²) in [5.41, 5.74) is 1.53. The molecule has 1 aromatic carbocycles. The Kier molecular flexibility index (Phi) is 5.79. The van der Waals surface area contributed by atoms with Crippen LogP contribution in [0.5, 0.6) is 0 Å². The van der Waals surface area contributed by atoms with E-state index in [0.717, 1.165) is 31.5 Å². The zero-order chi connectivity index (χ0) is 15.1. The summed E-state index contributed by atoms with van der Waals surface area (Å²) >= 11 is 0. The molecule has 0 bridgehead atoms. The molecule has 1 amide bonds. The lowest BCUT2D eigenvalue weighted by Gasteiger charge is -2.29. The molecule has 1 aliphatic heterocycles. The Balaban J connectivity index is 1.89. The van der Waals surface area contributed by atoms with E-state index in [1.165, 1.54) is 0 Å². The van der Waals surface area contributed by atoms with Crippen LogP contribution in [0.25, 0.3) is 0 Å². The number of nitrogens with one attached hydrogen (secondary N) is 1. The number of amides is 1. The molecule has 0 radical (unpaired) electrons. The van der Waals surface area contributed by atoms with Gasteiger partial charge < -0.3 is 15.3 Å². The van der Waals surface area contributed by atoms with Crippen LogP contribution in [0.2, 0.25) is 0 Å². The SMILES string of the molecule is CN1CCC(NC(=O)c2ccc(C#CCCO)cc2)CC1. The van der Waals surface area contributed by atoms with Crippen LogP contribution in [-0.4, -0.2) is 48.7 Å². The molecular weight excluding hydrogens is 264 g/mol. The molecule has 1 fully saturated rings. The van der Waals surface area contributed by atoms with Crippen molar-refractivity contribution in [1.29, 1.82) is 0 Å². The number of piperidine rings is 1. The van der Waals surface area contributed by atoms with Crippen molar-refractivity contribution in [2.24, 2.45) is 0 Å². The number of rotatable bonds is 3. The van der Waals surface area contributed by atoms with Gasteiger partial charge in [0.05, 0.1) is 6.61 Å². The quantitative estimate of drug-likeness (QED) is 0.822. The average molecular weight is 286 g/mol. The minimum Gasteiger partial charge on any atom is -0.395 e. The van der Waals surface area contributed by atoms with Gasteiger partial charge in [-0.15, -0.1) is 0 Å². The molecule has 1 aromatic rings. The molecule has 21 heavy (non-hydrogen) atoms. The van der Waals surface area contributed by atoms with Crippen molar-refractivity contribution in [3.05, 3.63) is 35.4 Å². The van der Waals surface area contributed by atoms with Gasteiger partial charge in [-0.3, -0.25) is 4.79 Å². The van der Waals surface area contributed by atoms with Crippen LogP contribution in [-0.2, 0) is 0 Å². The number of hydrogen-bond acceptors (Lipinski definition) is 3. The maximum Gasteiger partial charge on any atom is 0.251 e. The topological polar surface area (TPSA) is 52.6 Å². The molecular formula is C17H22N2O2. The van der Waals surface area contributed by atoms with E-state index in [1.54, 1.807) is 12.1 Å². The number of nitrogens with zero attached hydrogens (tertiary/aromatic N) is 1. The average Bonchev–Trinajstić information content (AvgIpc) is 2.50. The number of benzene rings is 1. The summed E-state index contributed by atoms with van der Waals surface area (Å²) in [6.45, 7) is 2.14. The second-order valence-electron chi connectivity index (χ2n) is 5.40. The fourth-order valence-electron chi connectivity index (χ4n) is 2.35. The van der Waals surface area contributed by atoms with Crippen LogP contribution in [0.15, 0.2) is 24.3 Å². The lowest BCUT2D eigenvalue weighted by molar-refractivity contribution is 0.0917. The van der Waals surface area contributed by atoms with Crippen molar-refractivity contribution in [3.8, 4) is 11.8 Å². The highest BCUT2D eigenvalue weighted by molar-refractivity contribution is 5.94. The lowest BCUT2D eigenvalue weighted by Crippen LogP contribution is -2.43. The summed E-state index contributed by atoms with van der Waals surface area (Å²) in [4.78, 5) is 14.5. The summed E-state index contributed by atoms with van der Waals surface area (Å²) < 4.78 is 0. The van der Waals surface area contributed by atoms with Gasteiger partial charge in [0, 0.05) is 23.6 Å². The normalized spacial score (nSPS) is 16.1. The van der Waals surface area contributed by atoms with Crippen molar-refractivity contribution in [3.63, 3.8) is 0 Å². The summed E-state index contributed by atoms with van der Waals surface area (Å²) in [6.07, 6.45) is 2.48. The van der Waals surface area contributed by atoms with E-state index in [9.17, 15) is 4.79 Å².